The Morgan fingerprint density at radius 1 is 1.29 bits per heavy atom. The van der Waals surface area contributed by atoms with E-state index in [1.165, 1.54) is 6.39 Å². The molecule has 0 bridgehead atoms. The van der Waals surface area contributed by atoms with Crippen LogP contribution in [0.15, 0.2) is 41.2 Å². The standard InChI is InChI=1S/C11H12N4O2/c16-11(14-9-4-2-1-3-5-9)7-12-6-10-13-8-17-15-10/h1-5,8,12H,6-7H2,(H,14,16). The van der Waals surface area contributed by atoms with Gasteiger partial charge in [-0.15, -0.1) is 0 Å². The highest BCUT2D eigenvalue weighted by Gasteiger charge is 2.02. The smallest absolute Gasteiger partial charge is 0.238 e. The van der Waals surface area contributed by atoms with Gasteiger partial charge in [-0.25, -0.2) is 0 Å². The Morgan fingerprint density at radius 2 is 2.12 bits per heavy atom. The second-order valence-electron chi connectivity index (χ2n) is 3.37. The summed E-state index contributed by atoms with van der Waals surface area (Å²) in [6.07, 6.45) is 1.25. The maximum absolute atomic E-state index is 11.5. The van der Waals surface area contributed by atoms with Crippen molar-refractivity contribution in [2.45, 2.75) is 6.54 Å². The average molecular weight is 232 g/mol. The quantitative estimate of drug-likeness (QED) is 0.797. The van der Waals surface area contributed by atoms with Crippen molar-refractivity contribution in [3.63, 3.8) is 0 Å². The van der Waals surface area contributed by atoms with E-state index in [9.17, 15) is 4.79 Å². The van der Waals surface area contributed by atoms with Gasteiger partial charge in [0.25, 0.3) is 0 Å². The number of aromatic nitrogens is 2. The number of amides is 1. The minimum absolute atomic E-state index is 0.111. The summed E-state index contributed by atoms with van der Waals surface area (Å²) >= 11 is 0. The van der Waals surface area contributed by atoms with Crippen LogP contribution in [-0.2, 0) is 11.3 Å². The molecule has 0 unspecified atom stereocenters. The zero-order chi connectivity index (χ0) is 11.9. The molecule has 1 aromatic heterocycles. The van der Waals surface area contributed by atoms with Crippen molar-refractivity contribution in [1.82, 2.24) is 15.5 Å². The molecule has 0 radical (unpaired) electrons. The Kier molecular flexibility index (Phi) is 3.82. The maximum Gasteiger partial charge on any atom is 0.238 e. The molecule has 0 aliphatic rings. The largest absolute Gasteiger partial charge is 0.343 e. The van der Waals surface area contributed by atoms with Crippen LogP contribution in [0.4, 0.5) is 5.69 Å². The maximum atomic E-state index is 11.5. The third-order valence-electron chi connectivity index (χ3n) is 2.03. The van der Waals surface area contributed by atoms with Crippen molar-refractivity contribution in [2.75, 3.05) is 11.9 Å². The van der Waals surface area contributed by atoms with Gasteiger partial charge in [-0.2, -0.15) is 4.98 Å². The van der Waals surface area contributed by atoms with E-state index in [4.69, 9.17) is 0 Å². The highest BCUT2D eigenvalue weighted by atomic mass is 16.5. The molecule has 6 nitrogen and oxygen atoms in total. The lowest BCUT2D eigenvalue weighted by atomic mass is 10.3. The van der Waals surface area contributed by atoms with Crippen LogP contribution in [0.5, 0.6) is 0 Å². The van der Waals surface area contributed by atoms with E-state index in [0.29, 0.717) is 12.4 Å². The van der Waals surface area contributed by atoms with Crippen LogP contribution < -0.4 is 10.6 Å². The second-order valence-corrected chi connectivity index (χ2v) is 3.37. The first-order valence-corrected chi connectivity index (χ1v) is 5.15. The molecule has 1 heterocycles. The first kappa shape index (κ1) is 11.3. The van der Waals surface area contributed by atoms with Crippen LogP contribution in [0.25, 0.3) is 0 Å². The third kappa shape index (κ3) is 3.69. The number of hydrogen-bond acceptors (Lipinski definition) is 5. The van der Waals surface area contributed by atoms with Crippen molar-refractivity contribution in [2.24, 2.45) is 0 Å². The first-order chi connectivity index (χ1) is 8.34. The molecule has 0 atom stereocenters. The molecule has 2 N–H and O–H groups in total. The molecular formula is C11H12N4O2. The predicted molar refractivity (Wildman–Crippen MR) is 61.1 cm³/mol. The van der Waals surface area contributed by atoms with Crippen LogP contribution >= 0.6 is 0 Å². The van der Waals surface area contributed by atoms with E-state index < -0.39 is 0 Å². The molecule has 88 valence electrons. The number of rotatable bonds is 5. The van der Waals surface area contributed by atoms with Crippen molar-refractivity contribution >= 4 is 11.6 Å². The van der Waals surface area contributed by atoms with Gasteiger partial charge in [-0.3, -0.25) is 4.79 Å². The fourth-order valence-electron chi connectivity index (χ4n) is 1.28. The van der Waals surface area contributed by atoms with Crippen molar-refractivity contribution < 1.29 is 9.32 Å². The van der Waals surface area contributed by atoms with Crippen LogP contribution in [0.3, 0.4) is 0 Å². The molecule has 1 aromatic carbocycles. The Bertz CT molecular complexity index is 456. The van der Waals surface area contributed by atoms with Gasteiger partial charge in [-0.05, 0) is 12.1 Å². The molecular weight excluding hydrogens is 220 g/mol. The lowest BCUT2D eigenvalue weighted by Gasteiger charge is -2.04. The summed E-state index contributed by atoms with van der Waals surface area (Å²) in [7, 11) is 0. The van der Waals surface area contributed by atoms with Gasteiger partial charge in [0.1, 0.15) is 0 Å². The van der Waals surface area contributed by atoms with Crippen LogP contribution in [0.2, 0.25) is 0 Å². The molecule has 0 spiro atoms. The number of nitrogens with zero attached hydrogens (tertiary/aromatic N) is 2. The van der Waals surface area contributed by atoms with Gasteiger partial charge < -0.3 is 15.2 Å². The summed E-state index contributed by atoms with van der Waals surface area (Å²) in [5.74, 6) is 0.414. The van der Waals surface area contributed by atoms with Gasteiger partial charge in [0.2, 0.25) is 12.3 Å². The van der Waals surface area contributed by atoms with Crippen LogP contribution in [0.1, 0.15) is 5.82 Å². The molecule has 2 rings (SSSR count). The summed E-state index contributed by atoms with van der Waals surface area (Å²) in [4.78, 5) is 15.3. The zero-order valence-electron chi connectivity index (χ0n) is 9.09. The van der Waals surface area contributed by atoms with Crippen molar-refractivity contribution in [1.29, 1.82) is 0 Å². The fourth-order valence-corrected chi connectivity index (χ4v) is 1.28. The normalized spacial score (nSPS) is 10.1. The number of anilines is 1. The number of para-hydroxylation sites is 1. The van der Waals surface area contributed by atoms with Gasteiger partial charge in [0.05, 0.1) is 13.1 Å². The van der Waals surface area contributed by atoms with E-state index in [2.05, 4.69) is 25.3 Å². The van der Waals surface area contributed by atoms with Crippen molar-refractivity contribution in [3.8, 4) is 0 Å². The van der Waals surface area contributed by atoms with E-state index in [1.807, 2.05) is 30.3 Å². The van der Waals surface area contributed by atoms with Gasteiger partial charge in [-0.1, -0.05) is 23.4 Å². The van der Waals surface area contributed by atoms with E-state index in [-0.39, 0.29) is 12.5 Å². The monoisotopic (exact) mass is 232 g/mol. The number of hydrogen-bond donors (Lipinski definition) is 2. The second kappa shape index (κ2) is 5.76. The average Bonchev–Trinajstić information content (AvgIpc) is 2.83. The Morgan fingerprint density at radius 3 is 2.82 bits per heavy atom. The molecule has 0 aliphatic heterocycles. The minimum atomic E-state index is -0.111. The van der Waals surface area contributed by atoms with Gasteiger partial charge >= 0.3 is 0 Å². The van der Waals surface area contributed by atoms with Crippen molar-refractivity contribution in [3.05, 3.63) is 42.5 Å². The number of nitrogens with one attached hydrogen (secondary N) is 2. The third-order valence-corrected chi connectivity index (χ3v) is 2.03. The Hall–Kier alpha value is -2.21. The first-order valence-electron chi connectivity index (χ1n) is 5.15. The summed E-state index contributed by atoms with van der Waals surface area (Å²) in [6.45, 7) is 0.599. The van der Waals surface area contributed by atoms with Gasteiger partial charge in [0, 0.05) is 5.69 Å². The number of benzene rings is 1. The number of carbonyl (C=O) groups excluding carboxylic acids is 1. The molecule has 17 heavy (non-hydrogen) atoms. The zero-order valence-corrected chi connectivity index (χ0v) is 9.09. The lowest BCUT2D eigenvalue weighted by molar-refractivity contribution is -0.115. The summed E-state index contributed by atoms with van der Waals surface area (Å²) in [5.41, 5.74) is 0.777. The molecule has 0 saturated carbocycles. The lowest BCUT2D eigenvalue weighted by Crippen LogP contribution is -2.28. The van der Waals surface area contributed by atoms with E-state index in [1.54, 1.807) is 0 Å². The summed E-state index contributed by atoms with van der Waals surface area (Å²) < 4.78 is 4.57. The number of carbonyl (C=O) groups is 1. The molecule has 0 saturated heterocycles. The molecule has 1 amide bonds. The summed E-state index contributed by atoms with van der Waals surface area (Å²) in [6, 6.07) is 9.28. The van der Waals surface area contributed by atoms with E-state index >= 15 is 0 Å². The Balaban J connectivity index is 1.71. The topological polar surface area (TPSA) is 80.1 Å². The predicted octanol–water partition coefficient (Wildman–Crippen LogP) is 0.798. The molecule has 0 aliphatic carbocycles. The minimum Gasteiger partial charge on any atom is -0.343 e. The summed E-state index contributed by atoms with van der Waals surface area (Å²) in [5, 5.41) is 9.28. The highest BCUT2D eigenvalue weighted by Crippen LogP contribution is 2.03. The molecule has 2 aromatic rings. The van der Waals surface area contributed by atoms with Crippen LogP contribution in [-0.4, -0.2) is 22.6 Å². The molecule has 6 heteroatoms. The molecule has 0 fully saturated rings. The van der Waals surface area contributed by atoms with Crippen LogP contribution in [0, 0.1) is 0 Å². The highest BCUT2D eigenvalue weighted by molar-refractivity contribution is 5.92. The SMILES string of the molecule is O=C(CNCc1ncon1)Nc1ccccc1. The fraction of sp³-hybridized carbons (Fsp3) is 0.182. The van der Waals surface area contributed by atoms with Gasteiger partial charge in [0.15, 0.2) is 5.82 Å². The Labute approximate surface area is 98.0 Å². The van der Waals surface area contributed by atoms with E-state index in [0.717, 1.165) is 5.69 Å².